The average molecular weight is 332 g/mol. The fraction of sp³-hybridized carbons (Fsp3) is 0.700. The van der Waals surface area contributed by atoms with E-state index in [-0.39, 0.29) is 5.69 Å². The summed E-state index contributed by atoms with van der Waals surface area (Å²) in [6.07, 6.45) is 17.0. The van der Waals surface area contributed by atoms with Crippen molar-refractivity contribution in [3.8, 4) is 11.8 Å². The predicted octanol–water partition coefficient (Wildman–Crippen LogP) is 5.13. The molecule has 0 unspecified atom stereocenters. The molecule has 1 N–H and O–H groups in total. The van der Waals surface area contributed by atoms with E-state index < -0.39 is 11.2 Å². The summed E-state index contributed by atoms with van der Waals surface area (Å²) < 4.78 is 1.67. The van der Waals surface area contributed by atoms with Crippen molar-refractivity contribution in [1.29, 1.82) is 5.26 Å². The summed E-state index contributed by atoms with van der Waals surface area (Å²) in [6.45, 7) is 2.93. The molecule has 0 radical (unpaired) electrons. The number of rotatable bonds is 13. The lowest BCUT2D eigenvalue weighted by molar-refractivity contribution is 0.454. The Morgan fingerprint density at radius 2 is 1.46 bits per heavy atom. The van der Waals surface area contributed by atoms with Gasteiger partial charge in [0.05, 0.1) is 0 Å². The lowest BCUT2D eigenvalue weighted by atomic mass is 10.1. The molecule has 4 nitrogen and oxygen atoms in total. The van der Waals surface area contributed by atoms with E-state index in [1.54, 1.807) is 10.8 Å². The number of pyridine rings is 1. The predicted molar refractivity (Wildman–Crippen MR) is 98.2 cm³/mol. The third-order valence-corrected chi connectivity index (χ3v) is 4.51. The summed E-state index contributed by atoms with van der Waals surface area (Å²) in [5.41, 5.74) is -0.414. The van der Waals surface area contributed by atoms with Gasteiger partial charge in [0.15, 0.2) is 11.4 Å². The maximum absolute atomic E-state index is 11.3. The van der Waals surface area contributed by atoms with Crippen molar-refractivity contribution in [3.63, 3.8) is 0 Å². The Kier molecular flexibility index (Phi) is 10.7. The Labute approximate surface area is 146 Å². The molecule has 0 aliphatic rings. The fourth-order valence-corrected chi connectivity index (χ4v) is 2.99. The largest absolute Gasteiger partial charge is 0.502 e. The van der Waals surface area contributed by atoms with E-state index in [4.69, 9.17) is 5.26 Å². The van der Waals surface area contributed by atoms with Gasteiger partial charge in [-0.15, -0.1) is 0 Å². The first-order valence-corrected chi connectivity index (χ1v) is 9.53. The van der Waals surface area contributed by atoms with E-state index in [0.717, 1.165) is 12.8 Å². The second kappa shape index (κ2) is 12.6. The van der Waals surface area contributed by atoms with Crippen molar-refractivity contribution >= 4 is 0 Å². The molecule has 0 aliphatic heterocycles. The van der Waals surface area contributed by atoms with Crippen LogP contribution in [0.3, 0.4) is 0 Å². The summed E-state index contributed by atoms with van der Waals surface area (Å²) in [6, 6.07) is 3.23. The molecule has 1 heterocycles. The van der Waals surface area contributed by atoms with Gasteiger partial charge in [0, 0.05) is 18.8 Å². The van der Waals surface area contributed by atoms with Crippen molar-refractivity contribution in [2.45, 2.75) is 90.5 Å². The molecule has 0 fully saturated rings. The smallest absolute Gasteiger partial charge is 0.224 e. The summed E-state index contributed by atoms with van der Waals surface area (Å²) in [4.78, 5) is 11.3. The average Bonchev–Trinajstić information content (AvgIpc) is 2.59. The molecule has 0 aromatic carbocycles. The zero-order valence-corrected chi connectivity index (χ0v) is 15.1. The van der Waals surface area contributed by atoms with Gasteiger partial charge in [-0.2, -0.15) is 5.26 Å². The normalized spacial score (nSPS) is 10.7. The third-order valence-electron chi connectivity index (χ3n) is 4.51. The van der Waals surface area contributed by atoms with Crippen LogP contribution in [0.4, 0.5) is 0 Å². The van der Waals surface area contributed by atoms with Gasteiger partial charge in [0.1, 0.15) is 6.07 Å². The molecule has 0 saturated heterocycles. The van der Waals surface area contributed by atoms with Crippen LogP contribution in [0, 0.1) is 11.3 Å². The van der Waals surface area contributed by atoms with Crippen molar-refractivity contribution < 1.29 is 5.11 Å². The molecule has 0 aliphatic carbocycles. The molecule has 1 aromatic heterocycles. The number of nitrogens with zero attached hydrogens (tertiary/aromatic N) is 2. The summed E-state index contributed by atoms with van der Waals surface area (Å²) in [5, 5.41) is 18.7. The van der Waals surface area contributed by atoms with Crippen LogP contribution in [0.5, 0.6) is 5.75 Å². The van der Waals surface area contributed by atoms with Gasteiger partial charge in [0.2, 0.25) is 5.43 Å². The molecule has 134 valence electrons. The Morgan fingerprint density at radius 1 is 0.958 bits per heavy atom. The van der Waals surface area contributed by atoms with Crippen LogP contribution in [0.1, 0.15) is 89.7 Å². The van der Waals surface area contributed by atoms with Gasteiger partial charge in [-0.25, -0.2) is 0 Å². The van der Waals surface area contributed by atoms with Crippen LogP contribution < -0.4 is 5.43 Å². The lowest BCUT2D eigenvalue weighted by Crippen LogP contribution is -2.10. The van der Waals surface area contributed by atoms with Crippen molar-refractivity contribution in [3.05, 3.63) is 28.2 Å². The van der Waals surface area contributed by atoms with Crippen LogP contribution >= 0.6 is 0 Å². The van der Waals surface area contributed by atoms with Gasteiger partial charge in [0.25, 0.3) is 0 Å². The highest BCUT2D eigenvalue weighted by molar-refractivity contribution is 5.36. The molecular formula is C20H32N2O2. The minimum absolute atomic E-state index is 0.0746. The maximum Gasteiger partial charge on any atom is 0.224 e. The molecule has 0 amide bonds. The quantitative estimate of drug-likeness (QED) is 0.509. The van der Waals surface area contributed by atoms with Gasteiger partial charge in [-0.3, -0.25) is 4.79 Å². The Hall–Kier alpha value is -1.76. The van der Waals surface area contributed by atoms with Crippen LogP contribution in [-0.4, -0.2) is 9.67 Å². The third kappa shape index (κ3) is 7.68. The number of unbranched alkanes of at least 4 members (excludes halogenated alkanes) is 11. The molecule has 0 saturated carbocycles. The molecule has 1 aromatic rings. The molecule has 0 spiro atoms. The first-order chi connectivity index (χ1) is 11.7. The van der Waals surface area contributed by atoms with E-state index in [9.17, 15) is 9.90 Å². The molecule has 4 heteroatoms. The fourth-order valence-electron chi connectivity index (χ4n) is 2.99. The van der Waals surface area contributed by atoms with Gasteiger partial charge in [-0.1, -0.05) is 77.6 Å². The minimum Gasteiger partial charge on any atom is -0.502 e. The van der Waals surface area contributed by atoms with Crippen LogP contribution in [-0.2, 0) is 6.54 Å². The van der Waals surface area contributed by atoms with Gasteiger partial charge >= 0.3 is 0 Å². The number of hydrogen-bond donors (Lipinski definition) is 1. The summed E-state index contributed by atoms with van der Waals surface area (Å²) in [5.74, 6) is -0.432. The zero-order chi connectivity index (χ0) is 17.6. The zero-order valence-electron chi connectivity index (χ0n) is 15.1. The first kappa shape index (κ1) is 20.3. The Morgan fingerprint density at radius 3 is 1.96 bits per heavy atom. The number of aromatic nitrogens is 1. The highest BCUT2D eigenvalue weighted by Gasteiger charge is 2.08. The molecule has 0 atom stereocenters. The SMILES string of the molecule is CCCCCCCCCCCCCCn1ccc(=O)c(O)c1C#N. The lowest BCUT2D eigenvalue weighted by Gasteiger charge is -2.09. The highest BCUT2D eigenvalue weighted by atomic mass is 16.3. The van der Waals surface area contributed by atoms with E-state index in [1.807, 2.05) is 6.07 Å². The number of nitriles is 1. The van der Waals surface area contributed by atoms with Crippen LogP contribution in [0.25, 0.3) is 0 Å². The highest BCUT2D eigenvalue weighted by Crippen LogP contribution is 2.14. The monoisotopic (exact) mass is 332 g/mol. The Bertz CT molecular complexity index is 558. The summed E-state index contributed by atoms with van der Waals surface area (Å²) >= 11 is 0. The molecule has 1 rings (SSSR count). The summed E-state index contributed by atoms with van der Waals surface area (Å²) in [7, 11) is 0. The molecule has 24 heavy (non-hydrogen) atoms. The maximum atomic E-state index is 11.3. The standard InChI is InChI=1S/C20H32N2O2/c1-2-3-4-5-6-7-8-9-10-11-12-13-15-22-16-14-19(23)20(24)18(22)17-21/h14,16,24H,2-13,15H2,1H3. The van der Waals surface area contributed by atoms with E-state index in [1.165, 1.54) is 70.3 Å². The topological polar surface area (TPSA) is 66.0 Å². The molecular weight excluding hydrogens is 300 g/mol. The van der Waals surface area contributed by atoms with Crippen LogP contribution in [0.15, 0.2) is 17.1 Å². The first-order valence-electron chi connectivity index (χ1n) is 9.53. The van der Waals surface area contributed by atoms with Gasteiger partial charge < -0.3 is 9.67 Å². The minimum atomic E-state index is -0.488. The van der Waals surface area contributed by atoms with E-state index in [0.29, 0.717) is 6.54 Å². The van der Waals surface area contributed by atoms with E-state index in [2.05, 4.69) is 6.92 Å². The second-order valence-corrected chi connectivity index (χ2v) is 6.57. The Balaban J connectivity index is 2.06. The van der Waals surface area contributed by atoms with Crippen LogP contribution in [0.2, 0.25) is 0 Å². The van der Waals surface area contributed by atoms with Crippen molar-refractivity contribution in [2.75, 3.05) is 0 Å². The number of aryl methyl sites for hydroxylation is 1. The second-order valence-electron chi connectivity index (χ2n) is 6.57. The number of hydrogen-bond acceptors (Lipinski definition) is 3. The van der Waals surface area contributed by atoms with Crippen molar-refractivity contribution in [2.24, 2.45) is 0 Å². The van der Waals surface area contributed by atoms with Gasteiger partial charge in [-0.05, 0) is 6.42 Å². The van der Waals surface area contributed by atoms with Crippen molar-refractivity contribution in [1.82, 2.24) is 4.57 Å². The van der Waals surface area contributed by atoms with E-state index >= 15 is 0 Å². The molecule has 0 bridgehead atoms. The number of aromatic hydroxyl groups is 1.